The average Bonchev–Trinajstić information content (AvgIpc) is 2.85. The van der Waals surface area contributed by atoms with Crippen LogP contribution in [0.3, 0.4) is 0 Å². The van der Waals surface area contributed by atoms with E-state index >= 15 is 0 Å². The number of aromatic nitrogens is 3. The highest BCUT2D eigenvalue weighted by Gasteiger charge is 2.16. The number of nitrogens with zero attached hydrogens (tertiary/aromatic N) is 2. The van der Waals surface area contributed by atoms with Gasteiger partial charge in [-0.1, -0.05) is 13.0 Å². The Kier molecular flexibility index (Phi) is 2.55. The van der Waals surface area contributed by atoms with Crippen molar-refractivity contribution < 1.29 is 9.90 Å². The number of aryl methyl sites for hydroxylation is 2. The van der Waals surface area contributed by atoms with E-state index in [1.165, 1.54) is 5.56 Å². The summed E-state index contributed by atoms with van der Waals surface area (Å²) in [5.41, 5.74) is 4.69. The minimum atomic E-state index is -0.836. The lowest BCUT2D eigenvalue weighted by molar-refractivity contribution is -0.136. The maximum atomic E-state index is 11.0. The van der Waals surface area contributed by atoms with Crippen LogP contribution in [0.5, 0.6) is 0 Å². The molecule has 0 saturated carbocycles. The number of aliphatic carboxylic acids is 1. The number of rotatable bonds is 3. The molecule has 0 saturated heterocycles. The van der Waals surface area contributed by atoms with Gasteiger partial charge in [0.2, 0.25) is 5.78 Å². The third-order valence-electron chi connectivity index (χ3n) is 3.45. The van der Waals surface area contributed by atoms with E-state index in [1.807, 2.05) is 17.4 Å². The first-order valence-corrected chi connectivity index (χ1v) is 6.30. The van der Waals surface area contributed by atoms with Crippen molar-refractivity contribution >= 4 is 22.8 Å². The van der Waals surface area contributed by atoms with Crippen LogP contribution >= 0.6 is 0 Å². The zero-order valence-electron chi connectivity index (χ0n) is 10.9. The highest BCUT2D eigenvalue weighted by Crippen LogP contribution is 2.22. The van der Waals surface area contributed by atoms with Crippen molar-refractivity contribution in [2.75, 3.05) is 0 Å². The van der Waals surface area contributed by atoms with Gasteiger partial charge in [0.25, 0.3) is 0 Å². The molecular weight excluding hydrogens is 242 g/mol. The number of carboxylic acid groups (broad SMARTS) is 1. The van der Waals surface area contributed by atoms with E-state index in [2.05, 4.69) is 29.0 Å². The lowest BCUT2D eigenvalue weighted by Crippen LogP contribution is -2.04. The monoisotopic (exact) mass is 257 g/mol. The normalized spacial score (nSPS) is 11.5. The Morgan fingerprint density at radius 3 is 2.95 bits per heavy atom. The van der Waals surface area contributed by atoms with E-state index in [-0.39, 0.29) is 6.42 Å². The van der Waals surface area contributed by atoms with Crippen molar-refractivity contribution in [1.29, 1.82) is 0 Å². The molecule has 0 bridgehead atoms. The Balaban J connectivity index is 2.34. The molecule has 5 heteroatoms. The van der Waals surface area contributed by atoms with Crippen LogP contribution in [0.15, 0.2) is 18.2 Å². The summed E-state index contributed by atoms with van der Waals surface area (Å²) in [7, 11) is 0. The van der Waals surface area contributed by atoms with Crippen LogP contribution < -0.4 is 0 Å². The van der Waals surface area contributed by atoms with Gasteiger partial charge in [-0.05, 0) is 31.0 Å². The van der Waals surface area contributed by atoms with Crippen LogP contribution in [-0.2, 0) is 17.6 Å². The number of hydrogen-bond donors (Lipinski definition) is 2. The minimum absolute atomic E-state index is 0.00630. The van der Waals surface area contributed by atoms with Gasteiger partial charge in [-0.2, -0.15) is 0 Å². The van der Waals surface area contributed by atoms with Crippen LogP contribution in [0.1, 0.15) is 23.9 Å². The van der Waals surface area contributed by atoms with E-state index in [0.29, 0.717) is 5.78 Å². The number of benzene rings is 1. The summed E-state index contributed by atoms with van der Waals surface area (Å²) < 4.78 is 1.91. The minimum Gasteiger partial charge on any atom is -0.481 e. The first-order chi connectivity index (χ1) is 9.10. The summed E-state index contributed by atoms with van der Waals surface area (Å²) in [5, 5.41) is 9.03. The van der Waals surface area contributed by atoms with Gasteiger partial charge in [-0.25, -0.2) is 4.98 Å². The number of imidazole rings is 2. The van der Waals surface area contributed by atoms with Gasteiger partial charge in [0.1, 0.15) is 0 Å². The molecule has 2 N–H and O–H groups in total. The van der Waals surface area contributed by atoms with Gasteiger partial charge < -0.3 is 10.1 Å². The van der Waals surface area contributed by atoms with E-state index < -0.39 is 5.97 Å². The lowest BCUT2D eigenvalue weighted by Gasteiger charge is -2.01. The molecule has 2 aromatic heterocycles. The molecule has 3 aromatic rings. The number of carbonyl (C=O) groups is 1. The van der Waals surface area contributed by atoms with Crippen molar-refractivity contribution in [2.45, 2.75) is 26.7 Å². The van der Waals surface area contributed by atoms with Crippen molar-refractivity contribution in [3.8, 4) is 0 Å². The second-order valence-electron chi connectivity index (χ2n) is 4.71. The molecule has 0 radical (unpaired) electrons. The topological polar surface area (TPSA) is 70.4 Å². The Hall–Kier alpha value is -2.30. The molecule has 0 aliphatic rings. The average molecular weight is 257 g/mol. The second-order valence-corrected chi connectivity index (χ2v) is 4.71. The number of H-pyrrole nitrogens is 1. The molecule has 0 aliphatic heterocycles. The number of fused-ring (bicyclic) bond motifs is 3. The number of carboxylic acids is 1. The molecule has 0 spiro atoms. The van der Waals surface area contributed by atoms with E-state index in [1.54, 1.807) is 0 Å². The van der Waals surface area contributed by atoms with Crippen molar-refractivity contribution in [1.82, 2.24) is 14.4 Å². The summed E-state index contributed by atoms with van der Waals surface area (Å²) in [6.07, 6.45) is 0.939. The molecule has 0 unspecified atom stereocenters. The number of hydrogen-bond acceptors (Lipinski definition) is 2. The first kappa shape index (κ1) is 11.8. The maximum absolute atomic E-state index is 11.0. The van der Waals surface area contributed by atoms with E-state index in [9.17, 15) is 4.79 Å². The van der Waals surface area contributed by atoms with Crippen LogP contribution in [0.4, 0.5) is 0 Å². The predicted molar refractivity (Wildman–Crippen MR) is 72.5 cm³/mol. The Morgan fingerprint density at radius 1 is 1.47 bits per heavy atom. The van der Waals surface area contributed by atoms with Crippen LogP contribution in [0.25, 0.3) is 16.8 Å². The van der Waals surface area contributed by atoms with E-state index in [4.69, 9.17) is 5.11 Å². The van der Waals surface area contributed by atoms with Crippen molar-refractivity contribution in [3.05, 3.63) is 35.2 Å². The molecule has 2 heterocycles. The molecule has 3 rings (SSSR count). The summed E-state index contributed by atoms with van der Waals surface area (Å²) in [5.74, 6) is -0.130. The quantitative estimate of drug-likeness (QED) is 0.756. The fourth-order valence-electron chi connectivity index (χ4n) is 2.46. The smallest absolute Gasteiger partial charge is 0.309 e. The molecule has 0 fully saturated rings. The Labute approximate surface area is 109 Å². The highest BCUT2D eigenvalue weighted by molar-refractivity contribution is 5.82. The van der Waals surface area contributed by atoms with Gasteiger partial charge in [0.05, 0.1) is 23.1 Å². The highest BCUT2D eigenvalue weighted by atomic mass is 16.4. The Morgan fingerprint density at radius 2 is 2.26 bits per heavy atom. The predicted octanol–water partition coefficient (Wildman–Crippen LogP) is 2.31. The third-order valence-corrected chi connectivity index (χ3v) is 3.45. The van der Waals surface area contributed by atoms with Crippen LogP contribution in [0, 0.1) is 6.92 Å². The van der Waals surface area contributed by atoms with Crippen LogP contribution in [0.2, 0.25) is 0 Å². The van der Waals surface area contributed by atoms with Gasteiger partial charge >= 0.3 is 5.97 Å². The Bertz CT molecular complexity index is 783. The molecule has 1 aromatic carbocycles. The van der Waals surface area contributed by atoms with Gasteiger partial charge in [0, 0.05) is 5.69 Å². The lowest BCUT2D eigenvalue weighted by atomic mass is 10.1. The van der Waals surface area contributed by atoms with E-state index in [0.717, 1.165) is 28.8 Å². The SMILES string of the molecule is CCc1ccc2nc3[nH]c(C)c(CC(=O)O)n3c2c1. The molecule has 0 aliphatic carbocycles. The fourth-order valence-corrected chi connectivity index (χ4v) is 2.46. The molecule has 0 atom stereocenters. The second kappa shape index (κ2) is 4.12. The summed E-state index contributed by atoms with van der Waals surface area (Å²) in [6, 6.07) is 6.11. The van der Waals surface area contributed by atoms with Crippen LogP contribution in [-0.4, -0.2) is 25.4 Å². The molecule has 5 nitrogen and oxygen atoms in total. The zero-order chi connectivity index (χ0) is 13.6. The summed E-state index contributed by atoms with van der Waals surface area (Å²) in [4.78, 5) is 18.6. The fraction of sp³-hybridized carbons (Fsp3) is 0.286. The number of aromatic amines is 1. The molecule has 0 amide bonds. The summed E-state index contributed by atoms with van der Waals surface area (Å²) >= 11 is 0. The maximum Gasteiger partial charge on any atom is 0.309 e. The first-order valence-electron chi connectivity index (χ1n) is 6.30. The van der Waals surface area contributed by atoms with Crippen molar-refractivity contribution in [2.24, 2.45) is 0 Å². The largest absolute Gasteiger partial charge is 0.481 e. The number of nitrogens with one attached hydrogen (secondary N) is 1. The molecule has 19 heavy (non-hydrogen) atoms. The molecular formula is C14H15N3O2. The van der Waals surface area contributed by atoms with Gasteiger partial charge in [-0.15, -0.1) is 0 Å². The molecule has 98 valence electrons. The van der Waals surface area contributed by atoms with Gasteiger partial charge in [0.15, 0.2) is 0 Å². The van der Waals surface area contributed by atoms with Crippen molar-refractivity contribution in [3.63, 3.8) is 0 Å². The summed E-state index contributed by atoms with van der Waals surface area (Å²) in [6.45, 7) is 3.97. The zero-order valence-corrected chi connectivity index (χ0v) is 10.9. The van der Waals surface area contributed by atoms with Gasteiger partial charge in [-0.3, -0.25) is 9.20 Å². The standard InChI is InChI=1S/C14H15N3O2/c1-3-9-4-5-10-12(6-9)17-11(7-13(18)19)8(2)15-14(17)16-10/h4-6H,3,7H2,1-2H3,(H,15,16)(H,18,19). The third kappa shape index (κ3) is 1.78.